The van der Waals surface area contributed by atoms with E-state index >= 15 is 0 Å². The number of carbonyl (C=O) groups is 1. The maximum atomic E-state index is 11.8. The van der Waals surface area contributed by atoms with Gasteiger partial charge in [-0.2, -0.15) is 0 Å². The first-order valence-electron chi connectivity index (χ1n) is 5.01. The fourth-order valence-electron chi connectivity index (χ4n) is 1.85. The molecule has 1 aromatic heterocycles. The Labute approximate surface area is 102 Å². The number of hydrogen-bond acceptors (Lipinski definition) is 2. The molecule has 0 radical (unpaired) electrons. The van der Waals surface area contributed by atoms with E-state index in [-0.39, 0.29) is 12.0 Å². The van der Waals surface area contributed by atoms with E-state index in [2.05, 4.69) is 0 Å². The van der Waals surface area contributed by atoms with Crippen LogP contribution in [0.2, 0.25) is 5.02 Å². The molecular weight excluding hydrogens is 242 g/mol. The van der Waals surface area contributed by atoms with E-state index in [4.69, 9.17) is 16.7 Å². The average Bonchev–Trinajstić information content (AvgIpc) is 2.24. The number of rotatable bonds is 2. The zero-order valence-electron chi connectivity index (χ0n) is 9.11. The van der Waals surface area contributed by atoms with Crippen molar-refractivity contribution in [2.45, 2.75) is 13.5 Å². The van der Waals surface area contributed by atoms with Crippen molar-refractivity contribution < 1.29 is 9.90 Å². The van der Waals surface area contributed by atoms with Crippen molar-refractivity contribution >= 4 is 28.5 Å². The first kappa shape index (κ1) is 11.7. The van der Waals surface area contributed by atoms with Crippen molar-refractivity contribution in [2.75, 3.05) is 0 Å². The number of para-hydroxylation sites is 1. The summed E-state index contributed by atoms with van der Waals surface area (Å²) < 4.78 is 1.53. The Morgan fingerprint density at radius 2 is 2.18 bits per heavy atom. The van der Waals surface area contributed by atoms with Crippen LogP contribution in [0, 0.1) is 6.92 Å². The van der Waals surface area contributed by atoms with Crippen LogP contribution >= 0.6 is 11.6 Å². The predicted octanol–water partition coefficient (Wildman–Crippen LogP) is 2.05. The molecule has 0 aliphatic heterocycles. The Morgan fingerprint density at radius 3 is 2.82 bits per heavy atom. The molecule has 0 bridgehead atoms. The minimum atomic E-state index is -0.974. The van der Waals surface area contributed by atoms with Gasteiger partial charge in [-0.1, -0.05) is 17.7 Å². The van der Waals surface area contributed by atoms with Gasteiger partial charge in [0.1, 0.15) is 6.54 Å². The van der Waals surface area contributed by atoms with Crippen LogP contribution < -0.4 is 5.43 Å². The number of hydrogen-bond donors (Lipinski definition) is 1. The molecule has 0 unspecified atom stereocenters. The van der Waals surface area contributed by atoms with E-state index in [0.29, 0.717) is 21.6 Å². The van der Waals surface area contributed by atoms with Gasteiger partial charge in [-0.05, 0) is 19.1 Å². The van der Waals surface area contributed by atoms with Crippen molar-refractivity contribution in [1.29, 1.82) is 0 Å². The highest BCUT2D eigenvalue weighted by atomic mass is 35.5. The average molecular weight is 252 g/mol. The largest absolute Gasteiger partial charge is 0.480 e. The number of fused-ring (bicyclic) bond motifs is 1. The second kappa shape index (κ2) is 4.22. The summed E-state index contributed by atoms with van der Waals surface area (Å²) in [6.07, 6.45) is 0. The topological polar surface area (TPSA) is 59.3 Å². The zero-order chi connectivity index (χ0) is 12.6. The van der Waals surface area contributed by atoms with Crippen LogP contribution in [0.25, 0.3) is 10.9 Å². The third-order valence-electron chi connectivity index (χ3n) is 2.58. The van der Waals surface area contributed by atoms with E-state index in [9.17, 15) is 9.59 Å². The molecule has 4 nitrogen and oxygen atoms in total. The molecule has 0 saturated heterocycles. The van der Waals surface area contributed by atoms with E-state index < -0.39 is 5.97 Å². The van der Waals surface area contributed by atoms with Gasteiger partial charge >= 0.3 is 5.97 Å². The van der Waals surface area contributed by atoms with Gasteiger partial charge in [0.05, 0.1) is 10.5 Å². The van der Waals surface area contributed by atoms with Crippen LogP contribution in [-0.2, 0) is 11.3 Å². The summed E-state index contributed by atoms with van der Waals surface area (Å²) in [5.74, 6) is -0.974. The number of pyridine rings is 1. The number of aliphatic carboxylic acids is 1. The van der Waals surface area contributed by atoms with Crippen LogP contribution in [-0.4, -0.2) is 15.6 Å². The lowest BCUT2D eigenvalue weighted by molar-refractivity contribution is -0.137. The van der Waals surface area contributed by atoms with Gasteiger partial charge in [-0.25, -0.2) is 0 Å². The van der Waals surface area contributed by atoms with Gasteiger partial charge in [0.2, 0.25) is 0 Å². The third-order valence-corrected chi connectivity index (χ3v) is 2.89. The van der Waals surface area contributed by atoms with E-state index in [1.807, 2.05) is 0 Å². The molecule has 88 valence electrons. The summed E-state index contributed by atoms with van der Waals surface area (Å²) in [5, 5.41) is 9.68. The molecule has 2 rings (SSSR count). The fraction of sp³-hybridized carbons (Fsp3) is 0.167. The second-order valence-corrected chi connectivity index (χ2v) is 4.17. The molecule has 0 spiro atoms. The Hall–Kier alpha value is -1.81. The lowest BCUT2D eigenvalue weighted by atomic mass is 10.2. The standard InChI is InChI=1S/C12H10ClNO3/c1-7-5-10(15)8-3-2-4-9(13)12(8)14(7)6-11(16)17/h2-5H,6H2,1H3,(H,16,17). The lowest BCUT2D eigenvalue weighted by Crippen LogP contribution is -2.17. The molecule has 0 amide bonds. The molecule has 1 aromatic carbocycles. The monoisotopic (exact) mass is 251 g/mol. The normalized spacial score (nSPS) is 10.7. The highest BCUT2D eigenvalue weighted by Gasteiger charge is 2.11. The first-order chi connectivity index (χ1) is 8.00. The van der Waals surface area contributed by atoms with Gasteiger partial charge in [0.15, 0.2) is 5.43 Å². The van der Waals surface area contributed by atoms with Crippen molar-refractivity contribution in [3.05, 3.63) is 45.2 Å². The minimum Gasteiger partial charge on any atom is -0.480 e. The summed E-state index contributed by atoms with van der Waals surface area (Å²) in [5.41, 5.74) is 0.904. The van der Waals surface area contributed by atoms with Gasteiger partial charge in [-0.15, -0.1) is 0 Å². The second-order valence-electron chi connectivity index (χ2n) is 3.77. The number of aryl methyl sites for hydroxylation is 1. The molecule has 1 N–H and O–H groups in total. The number of aromatic nitrogens is 1. The Balaban J connectivity index is 2.90. The number of nitrogens with zero attached hydrogens (tertiary/aromatic N) is 1. The molecule has 0 aliphatic carbocycles. The van der Waals surface area contributed by atoms with Crippen LogP contribution in [0.5, 0.6) is 0 Å². The van der Waals surface area contributed by atoms with Gasteiger partial charge in [-0.3, -0.25) is 9.59 Å². The van der Waals surface area contributed by atoms with E-state index in [1.165, 1.54) is 10.6 Å². The molecule has 1 heterocycles. The molecule has 2 aromatic rings. The van der Waals surface area contributed by atoms with Crippen molar-refractivity contribution in [2.24, 2.45) is 0 Å². The van der Waals surface area contributed by atoms with Crippen LogP contribution in [0.3, 0.4) is 0 Å². The Kier molecular flexibility index (Phi) is 2.90. The van der Waals surface area contributed by atoms with Crippen molar-refractivity contribution in [3.8, 4) is 0 Å². The lowest BCUT2D eigenvalue weighted by Gasteiger charge is -2.13. The number of halogens is 1. The highest BCUT2D eigenvalue weighted by molar-refractivity contribution is 6.35. The minimum absolute atomic E-state index is 0.151. The van der Waals surface area contributed by atoms with Crippen LogP contribution in [0.4, 0.5) is 0 Å². The molecule has 0 aliphatic rings. The zero-order valence-corrected chi connectivity index (χ0v) is 9.86. The Bertz CT molecular complexity index is 661. The summed E-state index contributed by atoms with van der Waals surface area (Å²) in [4.78, 5) is 22.6. The quantitative estimate of drug-likeness (QED) is 0.889. The number of carboxylic acid groups (broad SMARTS) is 1. The third kappa shape index (κ3) is 2.03. The summed E-state index contributed by atoms with van der Waals surface area (Å²) in [6, 6.07) is 6.37. The van der Waals surface area contributed by atoms with E-state index in [1.54, 1.807) is 25.1 Å². The summed E-state index contributed by atoms with van der Waals surface area (Å²) in [6.45, 7) is 1.47. The molecule has 5 heteroatoms. The molecule has 0 fully saturated rings. The van der Waals surface area contributed by atoms with Crippen molar-refractivity contribution in [1.82, 2.24) is 4.57 Å². The highest BCUT2D eigenvalue weighted by Crippen LogP contribution is 2.22. The molecule has 17 heavy (non-hydrogen) atoms. The van der Waals surface area contributed by atoms with Crippen LogP contribution in [0.15, 0.2) is 29.1 Å². The first-order valence-corrected chi connectivity index (χ1v) is 5.39. The van der Waals surface area contributed by atoms with Crippen LogP contribution in [0.1, 0.15) is 5.69 Å². The number of carboxylic acids is 1. The maximum absolute atomic E-state index is 11.8. The fourth-order valence-corrected chi connectivity index (χ4v) is 2.13. The SMILES string of the molecule is Cc1cc(=O)c2cccc(Cl)c2n1CC(=O)O. The van der Waals surface area contributed by atoms with Gasteiger partial charge in [0.25, 0.3) is 0 Å². The van der Waals surface area contributed by atoms with Gasteiger partial charge < -0.3 is 9.67 Å². The maximum Gasteiger partial charge on any atom is 0.323 e. The van der Waals surface area contributed by atoms with Gasteiger partial charge in [0, 0.05) is 17.1 Å². The molecular formula is C12H10ClNO3. The smallest absolute Gasteiger partial charge is 0.323 e. The number of benzene rings is 1. The van der Waals surface area contributed by atoms with Crippen molar-refractivity contribution in [3.63, 3.8) is 0 Å². The molecule has 0 saturated carbocycles. The summed E-state index contributed by atoms with van der Waals surface area (Å²) >= 11 is 6.04. The predicted molar refractivity (Wildman–Crippen MR) is 65.6 cm³/mol. The Morgan fingerprint density at radius 1 is 1.47 bits per heavy atom. The van der Waals surface area contributed by atoms with E-state index in [0.717, 1.165) is 0 Å². The molecule has 0 atom stereocenters. The summed E-state index contributed by atoms with van der Waals surface area (Å²) in [7, 11) is 0.